The molecule has 3 amide bonds. The Morgan fingerprint density at radius 3 is 2.56 bits per heavy atom. The molecule has 0 bridgehead atoms. The van der Waals surface area contributed by atoms with Gasteiger partial charge < -0.3 is 10.1 Å². The average molecular weight is 370 g/mol. The maximum Gasteiger partial charge on any atom is 0.238 e. The highest BCUT2D eigenvalue weighted by Crippen LogP contribution is 2.46. The maximum absolute atomic E-state index is 13.2. The summed E-state index contributed by atoms with van der Waals surface area (Å²) >= 11 is 0. The molecule has 2 heterocycles. The van der Waals surface area contributed by atoms with Crippen LogP contribution >= 0.6 is 0 Å². The van der Waals surface area contributed by atoms with Gasteiger partial charge in [-0.25, -0.2) is 0 Å². The first-order valence-corrected chi connectivity index (χ1v) is 9.86. The number of amides is 3. The van der Waals surface area contributed by atoms with Gasteiger partial charge in [-0.3, -0.25) is 19.3 Å². The van der Waals surface area contributed by atoms with Gasteiger partial charge in [-0.2, -0.15) is 0 Å². The number of carbonyl (C=O) groups excluding carboxylic acids is 3. The summed E-state index contributed by atoms with van der Waals surface area (Å²) in [6.07, 6.45) is 2.39. The number of para-hydroxylation sites is 1. The molecule has 1 aliphatic carbocycles. The Labute approximate surface area is 159 Å². The fourth-order valence-corrected chi connectivity index (χ4v) is 4.78. The van der Waals surface area contributed by atoms with Crippen LogP contribution in [0.25, 0.3) is 0 Å². The van der Waals surface area contributed by atoms with Crippen LogP contribution in [0.15, 0.2) is 30.3 Å². The van der Waals surface area contributed by atoms with E-state index in [-0.39, 0.29) is 23.6 Å². The van der Waals surface area contributed by atoms with Crippen LogP contribution in [0, 0.1) is 29.6 Å². The van der Waals surface area contributed by atoms with Gasteiger partial charge in [0, 0.05) is 19.1 Å². The number of hydrogen-bond donors (Lipinski definition) is 1. The third-order valence-corrected chi connectivity index (χ3v) is 6.32. The van der Waals surface area contributed by atoms with E-state index in [1.165, 1.54) is 4.90 Å². The van der Waals surface area contributed by atoms with Crippen LogP contribution < -0.4 is 10.2 Å². The molecule has 0 radical (unpaired) electrons. The molecular formula is C21H26N2O4. The van der Waals surface area contributed by atoms with Crippen molar-refractivity contribution in [3.63, 3.8) is 0 Å². The molecule has 6 heteroatoms. The highest BCUT2D eigenvalue weighted by molar-refractivity contribution is 6.23. The molecule has 1 aromatic rings. The van der Waals surface area contributed by atoms with Crippen molar-refractivity contribution in [3.05, 3.63) is 30.3 Å². The molecule has 1 aromatic carbocycles. The lowest BCUT2D eigenvalue weighted by atomic mass is 9.68. The number of benzene rings is 1. The van der Waals surface area contributed by atoms with Crippen molar-refractivity contribution >= 4 is 23.4 Å². The monoisotopic (exact) mass is 370 g/mol. The Morgan fingerprint density at radius 1 is 1.11 bits per heavy atom. The zero-order valence-corrected chi connectivity index (χ0v) is 15.6. The lowest BCUT2D eigenvalue weighted by Crippen LogP contribution is -2.45. The van der Waals surface area contributed by atoms with E-state index in [2.05, 4.69) is 5.32 Å². The summed E-state index contributed by atoms with van der Waals surface area (Å²) in [4.78, 5) is 40.4. The minimum atomic E-state index is -0.554. The number of anilines is 1. The van der Waals surface area contributed by atoms with Crippen molar-refractivity contribution in [3.8, 4) is 0 Å². The molecule has 4 rings (SSSR count). The van der Waals surface area contributed by atoms with Gasteiger partial charge in [-0.05, 0) is 37.3 Å². The number of imide groups is 1. The third-order valence-electron chi connectivity index (χ3n) is 6.32. The summed E-state index contributed by atoms with van der Waals surface area (Å²) in [7, 11) is 0. The van der Waals surface area contributed by atoms with Crippen LogP contribution in [-0.4, -0.2) is 37.5 Å². The van der Waals surface area contributed by atoms with E-state index >= 15 is 0 Å². The van der Waals surface area contributed by atoms with Gasteiger partial charge in [0.2, 0.25) is 17.7 Å². The van der Waals surface area contributed by atoms with Gasteiger partial charge in [-0.1, -0.05) is 25.1 Å². The lowest BCUT2D eigenvalue weighted by molar-refractivity contribution is -0.136. The van der Waals surface area contributed by atoms with Crippen molar-refractivity contribution < 1.29 is 19.1 Å². The minimum absolute atomic E-state index is 0.0974. The van der Waals surface area contributed by atoms with Crippen molar-refractivity contribution in [2.45, 2.75) is 26.2 Å². The zero-order valence-electron chi connectivity index (χ0n) is 15.6. The molecule has 2 aliphatic heterocycles. The second-order valence-electron chi connectivity index (χ2n) is 8.03. The van der Waals surface area contributed by atoms with Gasteiger partial charge in [-0.15, -0.1) is 0 Å². The fourth-order valence-electron chi connectivity index (χ4n) is 4.78. The fraction of sp³-hybridized carbons (Fsp3) is 0.571. The molecule has 0 aromatic heterocycles. The minimum Gasteiger partial charge on any atom is -0.381 e. The van der Waals surface area contributed by atoms with Crippen LogP contribution in [-0.2, 0) is 19.1 Å². The number of nitrogens with zero attached hydrogens (tertiary/aromatic N) is 1. The van der Waals surface area contributed by atoms with Crippen molar-refractivity contribution in [2.75, 3.05) is 24.7 Å². The van der Waals surface area contributed by atoms with E-state index in [1.807, 2.05) is 25.1 Å². The normalized spacial score (nSPS) is 33.2. The summed E-state index contributed by atoms with van der Waals surface area (Å²) in [5.74, 6) is -1.43. The largest absolute Gasteiger partial charge is 0.381 e. The van der Waals surface area contributed by atoms with Crippen molar-refractivity contribution in [1.29, 1.82) is 0 Å². The summed E-state index contributed by atoms with van der Waals surface area (Å²) in [5.41, 5.74) is 0.594. The number of ether oxygens (including phenoxy) is 1. The molecular weight excluding hydrogens is 344 g/mol. The molecule has 1 saturated carbocycles. The van der Waals surface area contributed by atoms with E-state index in [0.29, 0.717) is 31.2 Å². The molecule has 5 atom stereocenters. The zero-order chi connectivity index (χ0) is 19.0. The predicted octanol–water partition coefficient (Wildman–Crippen LogP) is 1.99. The highest BCUT2D eigenvalue weighted by Gasteiger charge is 2.56. The van der Waals surface area contributed by atoms with Crippen LogP contribution in [0.1, 0.15) is 26.2 Å². The molecule has 1 N–H and O–H groups in total. The predicted molar refractivity (Wildman–Crippen MR) is 99.7 cm³/mol. The SMILES string of the molecule is C[C@@H]1CC[C@H](C(=O)NC[C@@H]2CCOC2)[C@@H]2C(=O)N(c3ccccc3)C(=O)[C@H]21. The number of fused-ring (bicyclic) bond motifs is 1. The number of hydrogen-bond acceptors (Lipinski definition) is 4. The van der Waals surface area contributed by atoms with Gasteiger partial charge >= 0.3 is 0 Å². The van der Waals surface area contributed by atoms with E-state index in [1.54, 1.807) is 12.1 Å². The second-order valence-corrected chi connectivity index (χ2v) is 8.03. The molecule has 6 nitrogen and oxygen atoms in total. The Morgan fingerprint density at radius 2 is 1.85 bits per heavy atom. The second kappa shape index (κ2) is 7.43. The summed E-state index contributed by atoms with van der Waals surface area (Å²) < 4.78 is 5.36. The number of carbonyl (C=O) groups is 3. The lowest BCUT2D eigenvalue weighted by Gasteiger charge is -2.34. The summed E-state index contributed by atoms with van der Waals surface area (Å²) in [5, 5.41) is 3.01. The maximum atomic E-state index is 13.2. The Hall–Kier alpha value is -2.21. The smallest absolute Gasteiger partial charge is 0.238 e. The quantitative estimate of drug-likeness (QED) is 0.823. The Kier molecular flexibility index (Phi) is 5.00. The van der Waals surface area contributed by atoms with E-state index in [4.69, 9.17) is 4.74 Å². The average Bonchev–Trinajstić information content (AvgIpc) is 3.28. The first-order chi connectivity index (χ1) is 13.1. The first kappa shape index (κ1) is 18.2. The van der Waals surface area contributed by atoms with Crippen LogP contribution in [0.5, 0.6) is 0 Å². The van der Waals surface area contributed by atoms with E-state index < -0.39 is 17.8 Å². The topological polar surface area (TPSA) is 75.7 Å². The van der Waals surface area contributed by atoms with Crippen LogP contribution in [0.2, 0.25) is 0 Å². The molecule has 0 unspecified atom stereocenters. The molecule has 3 aliphatic rings. The van der Waals surface area contributed by atoms with E-state index in [9.17, 15) is 14.4 Å². The molecule has 2 saturated heterocycles. The van der Waals surface area contributed by atoms with Crippen molar-refractivity contribution in [2.24, 2.45) is 29.6 Å². The van der Waals surface area contributed by atoms with Crippen LogP contribution in [0.3, 0.4) is 0 Å². The third kappa shape index (κ3) is 3.27. The molecule has 3 fully saturated rings. The molecule has 144 valence electrons. The van der Waals surface area contributed by atoms with Gasteiger partial charge in [0.1, 0.15) is 0 Å². The summed E-state index contributed by atoms with van der Waals surface area (Å²) in [6.45, 7) is 4.01. The Bertz CT molecular complexity index is 729. The van der Waals surface area contributed by atoms with Gasteiger partial charge in [0.25, 0.3) is 0 Å². The van der Waals surface area contributed by atoms with Crippen molar-refractivity contribution in [1.82, 2.24) is 5.32 Å². The molecule has 0 spiro atoms. The number of rotatable bonds is 4. The van der Waals surface area contributed by atoms with E-state index in [0.717, 1.165) is 19.4 Å². The van der Waals surface area contributed by atoms with Crippen LogP contribution in [0.4, 0.5) is 5.69 Å². The Balaban J connectivity index is 1.54. The molecule has 27 heavy (non-hydrogen) atoms. The first-order valence-electron chi connectivity index (χ1n) is 9.86. The van der Waals surface area contributed by atoms with Gasteiger partial charge in [0.15, 0.2) is 0 Å². The van der Waals surface area contributed by atoms with Gasteiger partial charge in [0.05, 0.1) is 30.0 Å². The highest BCUT2D eigenvalue weighted by atomic mass is 16.5. The standard InChI is InChI=1S/C21H26N2O4/c1-13-7-8-16(19(24)22-11-14-9-10-27-12-14)18-17(13)20(25)23(21(18)26)15-5-3-2-4-6-15/h2-6,13-14,16-18H,7-12H2,1H3,(H,22,24)/t13-,14+,16+,17+,18+/m1/s1. The summed E-state index contributed by atoms with van der Waals surface area (Å²) in [6, 6.07) is 9.03. The number of nitrogens with one attached hydrogen (secondary N) is 1.